The third-order valence-electron chi connectivity index (χ3n) is 5.09. The number of aryl methyl sites for hydroxylation is 2. The van der Waals surface area contributed by atoms with Crippen LogP contribution in [-0.4, -0.2) is 18.1 Å². The van der Waals surface area contributed by atoms with Crippen molar-refractivity contribution in [3.63, 3.8) is 0 Å². The number of nitrogens with one attached hydrogen (secondary N) is 1. The van der Waals surface area contributed by atoms with E-state index < -0.39 is 5.97 Å². The number of nitrogens with zero attached hydrogens (tertiary/aromatic N) is 1. The molecule has 4 aromatic rings. The van der Waals surface area contributed by atoms with Crippen molar-refractivity contribution < 1.29 is 14.3 Å². The molecule has 0 spiro atoms. The van der Waals surface area contributed by atoms with Gasteiger partial charge in [-0.2, -0.15) is 5.10 Å². The molecule has 0 heterocycles. The molecule has 0 fully saturated rings. The van der Waals surface area contributed by atoms with E-state index in [-0.39, 0.29) is 5.91 Å². The second-order valence-electron chi connectivity index (χ2n) is 7.52. The molecular weight excluding hydrogens is 400 g/mol. The molecule has 0 aromatic heterocycles. The van der Waals surface area contributed by atoms with Gasteiger partial charge in [0.25, 0.3) is 5.91 Å². The van der Waals surface area contributed by atoms with Gasteiger partial charge in [0, 0.05) is 11.1 Å². The van der Waals surface area contributed by atoms with Gasteiger partial charge >= 0.3 is 5.97 Å². The standard InChI is InChI=1S/C27H22N2O3/c1-18-7-11-21(12-8-18)26(30)29-28-17-24-23-6-4-3-5-20(23)15-16-25(24)32-27(31)22-13-9-19(2)10-14-22/h3-17H,1-2H3,(H,29,30). The molecule has 32 heavy (non-hydrogen) atoms. The van der Waals surface area contributed by atoms with Crippen LogP contribution >= 0.6 is 0 Å². The van der Waals surface area contributed by atoms with Gasteiger partial charge in [0.15, 0.2) is 0 Å². The molecule has 0 unspecified atom stereocenters. The first kappa shape index (κ1) is 21.0. The number of esters is 1. The molecule has 0 saturated carbocycles. The normalized spacial score (nSPS) is 10.9. The van der Waals surface area contributed by atoms with Gasteiger partial charge in [-0.05, 0) is 55.0 Å². The van der Waals surface area contributed by atoms with E-state index >= 15 is 0 Å². The van der Waals surface area contributed by atoms with Gasteiger partial charge in [0.2, 0.25) is 0 Å². The second-order valence-corrected chi connectivity index (χ2v) is 7.52. The van der Waals surface area contributed by atoms with E-state index in [1.165, 1.54) is 6.21 Å². The van der Waals surface area contributed by atoms with Gasteiger partial charge in [-0.15, -0.1) is 0 Å². The van der Waals surface area contributed by atoms with Crippen LogP contribution in [-0.2, 0) is 0 Å². The van der Waals surface area contributed by atoms with E-state index in [4.69, 9.17) is 4.74 Å². The smallest absolute Gasteiger partial charge is 0.343 e. The lowest BCUT2D eigenvalue weighted by molar-refractivity contribution is 0.0734. The maximum absolute atomic E-state index is 12.7. The molecule has 0 atom stereocenters. The Hall–Kier alpha value is -4.25. The Morgan fingerprint density at radius 1 is 0.781 bits per heavy atom. The summed E-state index contributed by atoms with van der Waals surface area (Å²) in [6.07, 6.45) is 1.51. The van der Waals surface area contributed by atoms with Crippen LogP contribution in [0.25, 0.3) is 10.8 Å². The van der Waals surface area contributed by atoms with Crippen LogP contribution in [0.1, 0.15) is 37.4 Å². The molecule has 0 aliphatic carbocycles. The lowest BCUT2D eigenvalue weighted by Gasteiger charge is -2.11. The van der Waals surface area contributed by atoms with Crippen LogP contribution < -0.4 is 10.2 Å². The second kappa shape index (κ2) is 9.27. The molecule has 1 N–H and O–H groups in total. The largest absolute Gasteiger partial charge is 0.422 e. The molecule has 158 valence electrons. The molecule has 0 bridgehead atoms. The predicted molar refractivity (Wildman–Crippen MR) is 126 cm³/mol. The number of benzene rings is 4. The van der Waals surface area contributed by atoms with Crippen LogP contribution in [0.3, 0.4) is 0 Å². The van der Waals surface area contributed by atoms with E-state index in [9.17, 15) is 9.59 Å². The third-order valence-corrected chi connectivity index (χ3v) is 5.09. The molecule has 4 rings (SSSR count). The SMILES string of the molecule is Cc1ccc(C(=O)NN=Cc2c(OC(=O)c3ccc(C)cc3)ccc3ccccc23)cc1. The van der Waals surface area contributed by atoms with E-state index in [1.54, 1.807) is 30.3 Å². The van der Waals surface area contributed by atoms with Gasteiger partial charge < -0.3 is 4.74 Å². The van der Waals surface area contributed by atoms with Crippen molar-refractivity contribution in [1.29, 1.82) is 0 Å². The Morgan fingerprint density at radius 2 is 1.41 bits per heavy atom. The Kier molecular flexibility index (Phi) is 6.08. The molecular formula is C27H22N2O3. The first-order valence-electron chi connectivity index (χ1n) is 10.2. The lowest BCUT2D eigenvalue weighted by atomic mass is 10.0. The van der Waals surface area contributed by atoms with Gasteiger partial charge in [-0.25, -0.2) is 10.2 Å². The number of amides is 1. The molecule has 0 aliphatic rings. The highest BCUT2D eigenvalue weighted by molar-refractivity contribution is 6.04. The Balaban J connectivity index is 1.62. The Labute approximate surface area is 186 Å². The minimum Gasteiger partial charge on any atom is -0.422 e. The molecule has 0 saturated heterocycles. The summed E-state index contributed by atoms with van der Waals surface area (Å²) in [7, 11) is 0. The zero-order chi connectivity index (χ0) is 22.5. The van der Waals surface area contributed by atoms with Gasteiger partial charge in [0.1, 0.15) is 5.75 Å². The number of hydrazone groups is 1. The maximum Gasteiger partial charge on any atom is 0.343 e. The molecule has 5 nitrogen and oxygen atoms in total. The summed E-state index contributed by atoms with van der Waals surface area (Å²) in [4.78, 5) is 25.0. The molecule has 5 heteroatoms. The van der Waals surface area contributed by atoms with Crippen molar-refractivity contribution >= 4 is 28.9 Å². The monoisotopic (exact) mass is 422 g/mol. The fourth-order valence-corrected chi connectivity index (χ4v) is 3.27. The van der Waals surface area contributed by atoms with Crippen LogP contribution in [0.4, 0.5) is 0 Å². The van der Waals surface area contributed by atoms with Gasteiger partial charge in [-0.3, -0.25) is 4.79 Å². The minimum absolute atomic E-state index is 0.320. The average molecular weight is 422 g/mol. The van der Waals surface area contributed by atoms with Crippen molar-refractivity contribution in [1.82, 2.24) is 5.43 Å². The first-order valence-corrected chi connectivity index (χ1v) is 10.2. The predicted octanol–water partition coefficient (Wildman–Crippen LogP) is 5.44. The van der Waals surface area contributed by atoms with Crippen LogP contribution in [0.5, 0.6) is 5.75 Å². The van der Waals surface area contributed by atoms with E-state index in [0.29, 0.717) is 22.4 Å². The van der Waals surface area contributed by atoms with Crippen molar-refractivity contribution in [2.75, 3.05) is 0 Å². The Bertz CT molecular complexity index is 1310. The summed E-state index contributed by atoms with van der Waals surface area (Å²) in [6.45, 7) is 3.91. The van der Waals surface area contributed by atoms with Crippen molar-refractivity contribution in [2.45, 2.75) is 13.8 Å². The number of hydrogen-bond acceptors (Lipinski definition) is 4. The van der Waals surface area contributed by atoms with E-state index in [1.807, 2.05) is 68.4 Å². The topological polar surface area (TPSA) is 67.8 Å². The van der Waals surface area contributed by atoms with Crippen molar-refractivity contribution in [3.05, 3.63) is 113 Å². The summed E-state index contributed by atoms with van der Waals surface area (Å²) in [5, 5.41) is 5.95. The lowest BCUT2D eigenvalue weighted by Crippen LogP contribution is -2.17. The fraction of sp³-hybridized carbons (Fsp3) is 0.0741. The molecule has 1 amide bonds. The van der Waals surface area contributed by atoms with Gasteiger partial charge in [-0.1, -0.05) is 65.7 Å². The van der Waals surface area contributed by atoms with Crippen molar-refractivity contribution in [3.8, 4) is 5.75 Å². The zero-order valence-electron chi connectivity index (χ0n) is 17.8. The number of ether oxygens (including phenoxy) is 1. The van der Waals surface area contributed by atoms with Crippen LogP contribution in [0, 0.1) is 13.8 Å². The summed E-state index contributed by atoms with van der Waals surface area (Å²) in [5.74, 6) is -0.416. The number of fused-ring (bicyclic) bond motifs is 1. The van der Waals surface area contributed by atoms with Crippen LogP contribution in [0.2, 0.25) is 0 Å². The highest BCUT2D eigenvalue weighted by Gasteiger charge is 2.13. The van der Waals surface area contributed by atoms with E-state index in [0.717, 1.165) is 21.9 Å². The van der Waals surface area contributed by atoms with E-state index in [2.05, 4.69) is 10.5 Å². The molecule has 0 radical (unpaired) electrons. The average Bonchev–Trinajstić information content (AvgIpc) is 2.81. The Morgan fingerprint density at radius 3 is 2.09 bits per heavy atom. The minimum atomic E-state index is -0.460. The van der Waals surface area contributed by atoms with Gasteiger partial charge in [0.05, 0.1) is 11.8 Å². The summed E-state index contributed by atoms with van der Waals surface area (Å²) >= 11 is 0. The zero-order valence-corrected chi connectivity index (χ0v) is 17.8. The summed E-state index contributed by atoms with van der Waals surface area (Å²) in [6, 6.07) is 25.7. The number of carbonyl (C=O) groups is 2. The third kappa shape index (κ3) is 4.73. The quantitative estimate of drug-likeness (QED) is 0.202. The highest BCUT2D eigenvalue weighted by Crippen LogP contribution is 2.27. The number of hydrogen-bond donors (Lipinski definition) is 1. The molecule has 0 aliphatic heterocycles. The summed E-state index contributed by atoms with van der Waals surface area (Å²) < 4.78 is 5.69. The van der Waals surface area contributed by atoms with Crippen molar-refractivity contribution in [2.24, 2.45) is 5.10 Å². The first-order chi connectivity index (χ1) is 15.5. The number of carbonyl (C=O) groups excluding carboxylic acids is 2. The number of rotatable bonds is 5. The maximum atomic E-state index is 12.7. The fourth-order valence-electron chi connectivity index (χ4n) is 3.27. The molecule has 4 aromatic carbocycles. The summed E-state index contributed by atoms with van der Waals surface area (Å²) in [5.41, 5.74) is 6.24. The van der Waals surface area contributed by atoms with Crippen LogP contribution in [0.15, 0.2) is 90.0 Å². The highest BCUT2D eigenvalue weighted by atomic mass is 16.5.